The highest BCUT2D eigenvalue weighted by Crippen LogP contribution is 2.40. The zero-order chi connectivity index (χ0) is 31.7. The van der Waals surface area contributed by atoms with Crippen LogP contribution in [0.25, 0.3) is 49.4 Å². The Morgan fingerprint density at radius 1 is 0.578 bits per heavy atom. The minimum atomic E-state index is -0.0173. The van der Waals surface area contributed by atoms with Crippen molar-refractivity contribution >= 4 is 61.5 Å². The molecule has 4 heteroatoms. The molecule has 1 aliphatic rings. The van der Waals surface area contributed by atoms with Crippen molar-refractivity contribution in [1.82, 2.24) is 14.0 Å². The van der Waals surface area contributed by atoms with Gasteiger partial charge >= 0.3 is 6.85 Å². The van der Waals surface area contributed by atoms with Crippen LogP contribution in [0.2, 0.25) is 0 Å². The third-order valence-electron chi connectivity index (χ3n) is 10.2. The average Bonchev–Trinajstić information content (AvgIpc) is 3.46. The summed E-state index contributed by atoms with van der Waals surface area (Å²) in [4.78, 5) is 5.21. The van der Waals surface area contributed by atoms with Gasteiger partial charge in [-0.1, -0.05) is 89.1 Å². The second-order valence-corrected chi connectivity index (χ2v) is 15.7. The quantitative estimate of drug-likeness (QED) is 0.176. The number of aryl methyl sites for hydroxylation is 4. The Balaban J connectivity index is 1.62. The first-order chi connectivity index (χ1) is 21.2. The second-order valence-electron chi connectivity index (χ2n) is 15.7. The first kappa shape index (κ1) is 28.2. The van der Waals surface area contributed by atoms with Crippen LogP contribution in [0.15, 0.2) is 72.9 Å². The van der Waals surface area contributed by atoms with Crippen molar-refractivity contribution in [3.05, 3.63) is 106 Å². The lowest BCUT2D eigenvalue weighted by molar-refractivity contribution is 0.588. The molecule has 3 nitrogen and oxygen atoms in total. The maximum atomic E-state index is 5.21. The number of pyridine rings is 1. The van der Waals surface area contributed by atoms with E-state index in [1.54, 1.807) is 0 Å². The number of hydrogen-bond donors (Lipinski definition) is 0. The third-order valence-corrected chi connectivity index (χ3v) is 10.2. The number of nitrogens with zero attached hydrogens (tertiary/aromatic N) is 3. The Labute approximate surface area is 267 Å². The van der Waals surface area contributed by atoms with Crippen LogP contribution >= 0.6 is 0 Å². The predicted molar refractivity (Wildman–Crippen MR) is 195 cm³/mol. The second kappa shape index (κ2) is 9.13. The van der Waals surface area contributed by atoms with E-state index in [9.17, 15) is 0 Å². The topological polar surface area (TPSA) is 22.8 Å². The van der Waals surface area contributed by atoms with Gasteiger partial charge in [-0.05, 0) is 102 Å². The molecule has 45 heavy (non-hydrogen) atoms. The van der Waals surface area contributed by atoms with Gasteiger partial charge in [0.1, 0.15) is 5.65 Å². The van der Waals surface area contributed by atoms with Gasteiger partial charge in [-0.3, -0.25) is 4.57 Å². The van der Waals surface area contributed by atoms with Gasteiger partial charge in [0, 0.05) is 44.5 Å². The number of fused-ring (bicyclic) bond motifs is 8. The summed E-state index contributed by atoms with van der Waals surface area (Å²) in [6.07, 6.45) is 2.09. The Kier molecular flexibility index (Phi) is 5.72. The first-order valence-electron chi connectivity index (χ1n) is 16.3. The zero-order valence-electron chi connectivity index (χ0n) is 28.3. The van der Waals surface area contributed by atoms with E-state index in [0.29, 0.717) is 0 Å². The average molecular weight is 588 g/mol. The molecule has 224 valence electrons. The summed E-state index contributed by atoms with van der Waals surface area (Å²) >= 11 is 0. The molecule has 1 aliphatic heterocycles. The first-order valence-corrected chi connectivity index (χ1v) is 16.3. The van der Waals surface area contributed by atoms with Gasteiger partial charge in [0.25, 0.3) is 0 Å². The molecule has 0 aliphatic carbocycles. The van der Waals surface area contributed by atoms with Gasteiger partial charge in [0.15, 0.2) is 0 Å². The van der Waals surface area contributed by atoms with Crippen LogP contribution in [0.1, 0.15) is 74.9 Å². The molecule has 0 saturated heterocycles. The van der Waals surface area contributed by atoms with Crippen LogP contribution in [-0.4, -0.2) is 20.9 Å². The minimum Gasteiger partial charge on any atom is -0.375 e. The van der Waals surface area contributed by atoms with Crippen LogP contribution in [-0.2, 0) is 10.8 Å². The normalized spacial score (nSPS) is 13.5. The number of hydrogen-bond acceptors (Lipinski definition) is 1. The van der Waals surface area contributed by atoms with Gasteiger partial charge < -0.3 is 4.48 Å². The summed E-state index contributed by atoms with van der Waals surface area (Å²) in [6, 6.07) is 25.9. The summed E-state index contributed by atoms with van der Waals surface area (Å²) in [7, 11) is 0. The molecule has 0 radical (unpaired) electrons. The van der Waals surface area contributed by atoms with E-state index in [1.807, 2.05) is 0 Å². The van der Waals surface area contributed by atoms with Crippen molar-refractivity contribution in [1.29, 1.82) is 0 Å². The smallest absolute Gasteiger partial charge is 0.332 e. The number of para-hydroxylation sites is 1. The van der Waals surface area contributed by atoms with Crippen LogP contribution in [0, 0.1) is 27.7 Å². The van der Waals surface area contributed by atoms with Gasteiger partial charge in [0.2, 0.25) is 0 Å². The van der Waals surface area contributed by atoms with E-state index in [-0.39, 0.29) is 17.7 Å². The Morgan fingerprint density at radius 3 is 1.73 bits per heavy atom. The minimum absolute atomic E-state index is 0.00714. The summed E-state index contributed by atoms with van der Waals surface area (Å²) in [6.45, 7) is 22.9. The fourth-order valence-corrected chi connectivity index (χ4v) is 8.05. The van der Waals surface area contributed by atoms with Crippen molar-refractivity contribution in [2.45, 2.75) is 80.1 Å². The molecule has 0 atom stereocenters. The molecular formula is C41H42BN3. The van der Waals surface area contributed by atoms with Crippen molar-refractivity contribution in [2.24, 2.45) is 0 Å². The highest BCUT2D eigenvalue weighted by molar-refractivity contribution is 6.88. The van der Waals surface area contributed by atoms with Gasteiger partial charge in [-0.25, -0.2) is 4.98 Å². The van der Waals surface area contributed by atoms with Crippen LogP contribution in [0.4, 0.5) is 0 Å². The van der Waals surface area contributed by atoms with Gasteiger partial charge in [0.05, 0.1) is 5.52 Å². The number of rotatable bonds is 1. The summed E-state index contributed by atoms with van der Waals surface area (Å²) < 4.78 is 5.13. The summed E-state index contributed by atoms with van der Waals surface area (Å²) in [5, 5.41) is 5.22. The highest BCUT2D eigenvalue weighted by Gasteiger charge is 2.38. The molecule has 4 aromatic carbocycles. The van der Waals surface area contributed by atoms with E-state index in [1.165, 1.54) is 88.1 Å². The van der Waals surface area contributed by atoms with E-state index >= 15 is 0 Å². The van der Waals surface area contributed by atoms with E-state index < -0.39 is 0 Å². The highest BCUT2D eigenvalue weighted by atomic mass is 15.1. The van der Waals surface area contributed by atoms with Crippen molar-refractivity contribution < 1.29 is 0 Å². The fourth-order valence-electron chi connectivity index (χ4n) is 8.05. The molecule has 0 fully saturated rings. The monoisotopic (exact) mass is 587 g/mol. The lowest BCUT2D eigenvalue weighted by atomic mass is 9.47. The molecule has 0 saturated carbocycles. The van der Waals surface area contributed by atoms with Crippen LogP contribution < -0.4 is 10.9 Å². The Morgan fingerprint density at radius 2 is 1.13 bits per heavy atom. The SMILES string of the molecule is Cc1cc(C)c2c(c1)c1cc(C)cc(C)c1n2B1c2ccccc2-n2c3ncc(C(C)(C)C)cc3c3cc(C(C)(C)C)cc1c32. The van der Waals surface area contributed by atoms with Crippen molar-refractivity contribution in [2.75, 3.05) is 0 Å². The maximum Gasteiger partial charge on any atom is 0.332 e. The molecule has 8 rings (SSSR count). The molecule has 0 unspecified atom stereocenters. The van der Waals surface area contributed by atoms with Gasteiger partial charge in [-0.2, -0.15) is 0 Å². The van der Waals surface area contributed by atoms with Crippen LogP contribution in [0.5, 0.6) is 0 Å². The lowest BCUT2D eigenvalue weighted by Crippen LogP contribution is -2.53. The molecule has 7 aromatic rings. The van der Waals surface area contributed by atoms with Crippen molar-refractivity contribution in [3.63, 3.8) is 0 Å². The zero-order valence-corrected chi connectivity index (χ0v) is 28.3. The fraction of sp³-hybridized carbons (Fsp3) is 0.293. The van der Waals surface area contributed by atoms with E-state index in [2.05, 4.69) is 151 Å². The van der Waals surface area contributed by atoms with Crippen LogP contribution in [0.3, 0.4) is 0 Å². The molecule has 3 aromatic heterocycles. The largest absolute Gasteiger partial charge is 0.375 e. The Hall–Kier alpha value is -4.31. The molecule has 0 bridgehead atoms. The molecule has 0 amide bonds. The standard InChI is InChI=1S/C41H42BN3/c1-23-15-25(3)36-29(17-23)30-18-24(2)16-26(4)37(30)45(36)42-33-13-11-12-14-35(33)44-38-31(19-27(21-34(38)42)40(5,6)7)32-20-28(41(8,9)10)22-43-39(32)44/h11-22H,1-10H3. The van der Waals surface area contributed by atoms with Crippen molar-refractivity contribution in [3.8, 4) is 5.69 Å². The van der Waals surface area contributed by atoms with Gasteiger partial charge in [-0.15, -0.1) is 0 Å². The summed E-state index contributed by atoms with van der Waals surface area (Å²) in [5.74, 6) is 0. The molecule has 0 spiro atoms. The number of benzene rings is 4. The van der Waals surface area contributed by atoms with E-state index in [4.69, 9.17) is 4.98 Å². The van der Waals surface area contributed by atoms with E-state index in [0.717, 1.165) is 5.65 Å². The maximum absolute atomic E-state index is 5.21. The molecule has 4 heterocycles. The third kappa shape index (κ3) is 3.94. The number of aromatic nitrogens is 3. The predicted octanol–water partition coefficient (Wildman–Crippen LogP) is 9.08. The Bertz CT molecular complexity index is 2320. The molecule has 0 N–H and O–H groups in total. The lowest BCUT2D eigenvalue weighted by Gasteiger charge is -2.30. The molecular weight excluding hydrogens is 545 g/mol. The summed E-state index contributed by atoms with van der Waals surface area (Å²) in [5.41, 5.74) is 16.7.